The van der Waals surface area contributed by atoms with Gasteiger partial charge in [-0.1, -0.05) is 104 Å². The van der Waals surface area contributed by atoms with Crippen molar-refractivity contribution < 1.29 is 9.59 Å². The van der Waals surface area contributed by atoms with Crippen LogP contribution in [0, 0.1) is 0 Å². The molecule has 0 spiro atoms. The van der Waals surface area contributed by atoms with Gasteiger partial charge in [0.25, 0.3) is 0 Å². The molecular formula is C21H44N2O2. The summed E-state index contributed by atoms with van der Waals surface area (Å²) in [6.07, 6.45) is 18.6. The highest BCUT2D eigenvalue weighted by molar-refractivity contribution is 5.83. The highest BCUT2D eigenvalue weighted by atomic mass is 16.2. The number of carbonyl (C=O) groups is 2. The van der Waals surface area contributed by atoms with E-state index in [-0.39, 0.29) is 12.5 Å². The summed E-state index contributed by atoms with van der Waals surface area (Å²) in [6.45, 7) is 6.46. The monoisotopic (exact) mass is 356 g/mol. The van der Waals surface area contributed by atoms with Crippen LogP contribution in [-0.2, 0) is 9.59 Å². The highest BCUT2D eigenvalue weighted by Gasteiger charge is 2.02. The lowest BCUT2D eigenvalue weighted by atomic mass is 10.0. The molecule has 0 saturated heterocycles. The lowest BCUT2D eigenvalue weighted by molar-refractivity contribution is -0.124. The first-order chi connectivity index (χ1) is 12.1. The molecule has 4 heteroatoms. The lowest BCUT2D eigenvalue weighted by Gasteiger charge is -2.04. The Labute approximate surface area is 156 Å². The lowest BCUT2D eigenvalue weighted by Crippen LogP contribution is -2.33. The van der Waals surface area contributed by atoms with Gasteiger partial charge in [0.05, 0.1) is 6.54 Å². The van der Waals surface area contributed by atoms with Crippen LogP contribution in [-0.4, -0.2) is 18.4 Å². The SMILES string of the molecule is CCC.CCCCCCCCCCCCCCCC(=O)NCC(N)=O. The number of hydrogen-bond donors (Lipinski definition) is 2. The number of nitrogens with one attached hydrogen (secondary N) is 1. The molecule has 0 bridgehead atoms. The smallest absolute Gasteiger partial charge is 0.236 e. The maximum absolute atomic E-state index is 11.3. The highest BCUT2D eigenvalue weighted by Crippen LogP contribution is 2.12. The molecule has 0 fully saturated rings. The van der Waals surface area contributed by atoms with Crippen molar-refractivity contribution in [1.82, 2.24) is 5.32 Å². The summed E-state index contributed by atoms with van der Waals surface area (Å²) >= 11 is 0. The van der Waals surface area contributed by atoms with E-state index in [2.05, 4.69) is 26.1 Å². The number of hydrogen-bond acceptors (Lipinski definition) is 2. The van der Waals surface area contributed by atoms with E-state index in [0.29, 0.717) is 6.42 Å². The van der Waals surface area contributed by atoms with Crippen molar-refractivity contribution in [1.29, 1.82) is 0 Å². The zero-order valence-electron chi connectivity index (χ0n) is 17.2. The van der Waals surface area contributed by atoms with E-state index < -0.39 is 5.91 Å². The van der Waals surface area contributed by atoms with Crippen molar-refractivity contribution in [3.63, 3.8) is 0 Å². The molecule has 0 rings (SSSR count). The molecule has 0 aliphatic carbocycles. The molecule has 0 aliphatic heterocycles. The fourth-order valence-electron chi connectivity index (χ4n) is 2.58. The average Bonchev–Trinajstić information content (AvgIpc) is 2.58. The van der Waals surface area contributed by atoms with Gasteiger partial charge in [-0.15, -0.1) is 0 Å². The Morgan fingerprint density at radius 3 is 1.40 bits per heavy atom. The molecule has 0 aromatic heterocycles. The van der Waals surface area contributed by atoms with Crippen molar-refractivity contribution >= 4 is 11.8 Å². The molecule has 0 saturated carbocycles. The van der Waals surface area contributed by atoms with Crippen molar-refractivity contribution in [3.8, 4) is 0 Å². The van der Waals surface area contributed by atoms with Crippen molar-refractivity contribution in [2.24, 2.45) is 5.73 Å². The molecule has 3 N–H and O–H groups in total. The van der Waals surface area contributed by atoms with E-state index >= 15 is 0 Å². The normalized spacial score (nSPS) is 10.0. The van der Waals surface area contributed by atoms with Gasteiger partial charge in [0.1, 0.15) is 0 Å². The van der Waals surface area contributed by atoms with Crippen molar-refractivity contribution in [3.05, 3.63) is 0 Å². The molecule has 0 heterocycles. The first kappa shape index (κ1) is 26.2. The van der Waals surface area contributed by atoms with E-state index in [9.17, 15) is 9.59 Å². The first-order valence-electron chi connectivity index (χ1n) is 10.6. The molecule has 150 valence electrons. The molecule has 0 aromatic rings. The van der Waals surface area contributed by atoms with Crippen LogP contribution in [0.25, 0.3) is 0 Å². The fraction of sp³-hybridized carbons (Fsp3) is 0.905. The van der Waals surface area contributed by atoms with Gasteiger partial charge < -0.3 is 11.1 Å². The van der Waals surface area contributed by atoms with E-state index in [1.54, 1.807) is 0 Å². The third-order valence-electron chi connectivity index (χ3n) is 3.97. The molecule has 0 radical (unpaired) electrons. The van der Waals surface area contributed by atoms with Gasteiger partial charge in [-0.05, 0) is 6.42 Å². The third-order valence-corrected chi connectivity index (χ3v) is 3.97. The molecule has 0 aliphatic rings. The largest absolute Gasteiger partial charge is 0.368 e. The van der Waals surface area contributed by atoms with Gasteiger partial charge >= 0.3 is 0 Å². The van der Waals surface area contributed by atoms with Crippen molar-refractivity contribution in [2.45, 2.75) is 117 Å². The Kier molecular flexibility index (Phi) is 24.0. The van der Waals surface area contributed by atoms with E-state index in [1.165, 1.54) is 77.0 Å². The average molecular weight is 357 g/mol. The van der Waals surface area contributed by atoms with Gasteiger partial charge in [0, 0.05) is 6.42 Å². The quantitative estimate of drug-likeness (QED) is 0.359. The standard InChI is InChI=1S/C18H36N2O2.C3H8/c1-2-3-4-5-6-7-8-9-10-11-12-13-14-15-18(22)20-16-17(19)21;1-3-2/h2-16H2,1H3,(H2,19,21)(H,20,22);3H2,1-2H3. The van der Waals surface area contributed by atoms with E-state index in [4.69, 9.17) is 5.73 Å². The van der Waals surface area contributed by atoms with Crippen LogP contribution in [0.3, 0.4) is 0 Å². The minimum Gasteiger partial charge on any atom is -0.368 e. The van der Waals surface area contributed by atoms with Crippen LogP contribution < -0.4 is 11.1 Å². The summed E-state index contributed by atoms with van der Waals surface area (Å²) in [4.78, 5) is 21.8. The Bertz CT molecular complexity index is 294. The Morgan fingerprint density at radius 1 is 0.680 bits per heavy atom. The van der Waals surface area contributed by atoms with Gasteiger partial charge in [0.15, 0.2) is 0 Å². The summed E-state index contributed by atoms with van der Waals surface area (Å²) in [6, 6.07) is 0. The maximum atomic E-state index is 11.3. The molecular weight excluding hydrogens is 312 g/mol. The summed E-state index contributed by atoms with van der Waals surface area (Å²) in [7, 11) is 0. The van der Waals surface area contributed by atoms with E-state index in [0.717, 1.165) is 12.8 Å². The molecule has 0 unspecified atom stereocenters. The number of nitrogens with two attached hydrogens (primary N) is 1. The zero-order chi connectivity index (χ0) is 19.2. The maximum Gasteiger partial charge on any atom is 0.236 e. The first-order valence-corrected chi connectivity index (χ1v) is 10.6. The predicted octanol–water partition coefficient (Wildman–Crippen LogP) is 5.49. The number of amides is 2. The summed E-state index contributed by atoms with van der Waals surface area (Å²) in [5, 5.41) is 2.51. The second kappa shape index (κ2) is 22.9. The molecule has 4 nitrogen and oxygen atoms in total. The van der Waals surface area contributed by atoms with Gasteiger partial charge in [-0.25, -0.2) is 0 Å². The third kappa shape index (κ3) is 28.0. The fourth-order valence-corrected chi connectivity index (χ4v) is 2.58. The number of carbonyl (C=O) groups excluding carboxylic acids is 2. The summed E-state index contributed by atoms with van der Waals surface area (Å²) in [5.41, 5.74) is 4.96. The summed E-state index contributed by atoms with van der Waals surface area (Å²) in [5.74, 6) is -0.555. The Morgan fingerprint density at radius 2 is 1.04 bits per heavy atom. The number of rotatable bonds is 16. The van der Waals surface area contributed by atoms with Crippen LogP contribution >= 0.6 is 0 Å². The minimum absolute atomic E-state index is 0.0444. The van der Waals surface area contributed by atoms with E-state index in [1.807, 2.05) is 0 Å². The molecule has 25 heavy (non-hydrogen) atoms. The Balaban J connectivity index is 0. The number of primary amides is 1. The van der Waals surface area contributed by atoms with Crippen LogP contribution in [0.1, 0.15) is 117 Å². The minimum atomic E-state index is -0.487. The van der Waals surface area contributed by atoms with Crippen LogP contribution in [0.4, 0.5) is 0 Å². The van der Waals surface area contributed by atoms with Gasteiger partial charge in [0.2, 0.25) is 11.8 Å². The second-order valence-electron chi connectivity index (χ2n) is 6.94. The van der Waals surface area contributed by atoms with Gasteiger partial charge in [-0.2, -0.15) is 0 Å². The topological polar surface area (TPSA) is 72.2 Å². The zero-order valence-corrected chi connectivity index (χ0v) is 17.2. The summed E-state index contributed by atoms with van der Waals surface area (Å²) < 4.78 is 0. The van der Waals surface area contributed by atoms with Crippen LogP contribution in [0.15, 0.2) is 0 Å². The molecule has 0 atom stereocenters. The van der Waals surface area contributed by atoms with Crippen LogP contribution in [0.5, 0.6) is 0 Å². The van der Waals surface area contributed by atoms with Crippen LogP contribution in [0.2, 0.25) is 0 Å². The molecule has 0 aromatic carbocycles. The number of unbranched alkanes of at least 4 members (excludes halogenated alkanes) is 12. The predicted molar refractivity (Wildman–Crippen MR) is 108 cm³/mol. The van der Waals surface area contributed by atoms with Crippen molar-refractivity contribution in [2.75, 3.05) is 6.54 Å². The Hall–Kier alpha value is -1.06. The second-order valence-corrected chi connectivity index (χ2v) is 6.94. The van der Waals surface area contributed by atoms with Gasteiger partial charge in [-0.3, -0.25) is 9.59 Å². The molecule has 2 amide bonds.